The molecule has 0 saturated heterocycles. The highest BCUT2D eigenvalue weighted by atomic mass is 19.4. The fourth-order valence-electron chi connectivity index (χ4n) is 2.51. The number of benzene rings is 1. The zero-order chi connectivity index (χ0) is 23.5. The summed E-state index contributed by atoms with van der Waals surface area (Å²) >= 11 is 0. The minimum atomic E-state index is -4.44. The van der Waals surface area contributed by atoms with Crippen molar-refractivity contribution in [3.63, 3.8) is 0 Å². The van der Waals surface area contributed by atoms with Gasteiger partial charge >= 0.3 is 6.18 Å². The first-order valence-electron chi connectivity index (χ1n) is 9.68. The number of carbonyl (C=O) groups is 1. The molecule has 0 aliphatic carbocycles. The highest BCUT2D eigenvalue weighted by Gasteiger charge is 2.29. The van der Waals surface area contributed by atoms with E-state index in [9.17, 15) is 18.0 Å². The van der Waals surface area contributed by atoms with Crippen molar-refractivity contribution in [3.8, 4) is 11.5 Å². The van der Waals surface area contributed by atoms with Crippen molar-refractivity contribution < 1.29 is 32.5 Å². The van der Waals surface area contributed by atoms with Crippen molar-refractivity contribution in [2.24, 2.45) is 5.73 Å². The Hall–Kier alpha value is -2.72. The molecule has 0 unspecified atom stereocenters. The van der Waals surface area contributed by atoms with Gasteiger partial charge in [0.15, 0.2) is 18.1 Å². The van der Waals surface area contributed by atoms with Gasteiger partial charge in [-0.05, 0) is 32.4 Å². The monoisotopic (exact) mass is 445 g/mol. The van der Waals surface area contributed by atoms with Crippen LogP contribution in [0, 0.1) is 0 Å². The van der Waals surface area contributed by atoms with Crippen LogP contribution in [0.3, 0.4) is 0 Å². The smallest absolute Gasteiger partial charge is 0.422 e. The van der Waals surface area contributed by atoms with E-state index in [1.54, 1.807) is 18.2 Å². The number of hydrogen-bond acceptors (Lipinski definition) is 6. The number of carbonyl (C=O) groups excluding carboxylic acids is 1. The topological polar surface area (TPSA) is 106 Å². The van der Waals surface area contributed by atoms with Gasteiger partial charge in [-0.1, -0.05) is 24.8 Å². The molecule has 0 aliphatic rings. The second-order valence-electron chi connectivity index (χ2n) is 7.25. The molecule has 0 aromatic heterocycles. The van der Waals surface area contributed by atoms with Gasteiger partial charge < -0.3 is 30.9 Å². The molecule has 0 atom stereocenters. The SMILES string of the molecule is C=C(NCCCO)/C(=C\C(C)(C)NCCOc1ccccc1OCC(F)(F)F)C(N)=O. The summed E-state index contributed by atoms with van der Waals surface area (Å²) in [5.74, 6) is -0.454. The van der Waals surface area contributed by atoms with Gasteiger partial charge in [-0.15, -0.1) is 0 Å². The zero-order valence-electron chi connectivity index (χ0n) is 17.7. The van der Waals surface area contributed by atoms with E-state index in [0.29, 0.717) is 25.2 Å². The third kappa shape index (κ3) is 10.7. The maximum absolute atomic E-state index is 12.4. The normalized spacial score (nSPS) is 12.4. The van der Waals surface area contributed by atoms with Gasteiger partial charge in [-0.3, -0.25) is 4.79 Å². The highest BCUT2D eigenvalue weighted by molar-refractivity contribution is 5.96. The van der Waals surface area contributed by atoms with Crippen LogP contribution in [0.2, 0.25) is 0 Å². The average molecular weight is 445 g/mol. The molecule has 0 spiro atoms. The van der Waals surface area contributed by atoms with Crippen molar-refractivity contribution in [2.75, 3.05) is 32.9 Å². The molecule has 0 fully saturated rings. The first-order chi connectivity index (χ1) is 14.4. The molecule has 7 nitrogen and oxygen atoms in total. The fourth-order valence-corrected chi connectivity index (χ4v) is 2.51. The fraction of sp³-hybridized carbons (Fsp3) is 0.476. The van der Waals surface area contributed by atoms with Crippen LogP contribution in [-0.2, 0) is 4.79 Å². The standard InChI is InChI=1S/C21H30F3N3O4/c1-15(26-9-6-11-28)16(19(25)29)13-20(2,3)27-10-12-30-17-7-4-5-8-18(17)31-14-21(22,23)24/h4-5,7-8,13,26-28H,1,6,9-12,14H2,2-3H3,(H2,25,29)/b16-13+. The van der Waals surface area contributed by atoms with E-state index in [1.807, 2.05) is 13.8 Å². The highest BCUT2D eigenvalue weighted by Crippen LogP contribution is 2.28. The van der Waals surface area contributed by atoms with Crippen LogP contribution in [-0.4, -0.2) is 55.6 Å². The van der Waals surface area contributed by atoms with Crippen LogP contribution < -0.4 is 25.8 Å². The van der Waals surface area contributed by atoms with Crippen molar-refractivity contribution in [1.82, 2.24) is 10.6 Å². The van der Waals surface area contributed by atoms with E-state index in [0.717, 1.165) is 0 Å². The number of para-hydroxylation sites is 2. The number of primary amides is 1. The van der Waals surface area contributed by atoms with Crippen LogP contribution in [0.1, 0.15) is 20.3 Å². The molecule has 10 heteroatoms. The molecule has 174 valence electrons. The summed E-state index contributed by atoms with van der Waals surface area (Å²) in [6, 6.07) is 6.10. The summed E-state index contributed by atoms with van der Waals surface area (Å²) in [5, 5.41) is 15.0. The van der Waals surface area contributed by atoms with E-state index >= 15 is 0 Å². The maximum atomic E-state index is 12.4. The lowest BCUT2D eigenvalue weighted by Crippen LogP contribution is -2.41. The van der Waals surface area contributed by atoms with Gasteiger partial charge in [0.2, 0.25) is 0 Å². The van der Waals surface area contributed by atoms with E-state index in [-0.39, 0.29) is 30.3 Å². The number of aliphatic hydroxyl groups excluding tert-OH is 1. The second-order valence-corrected chi connectivity index (χ2v) is 7.25. The lowest BCUT2D eigenvalue weighted by atomic mass is 9.99. The summed E-state index contributed by atoms with van der Waals surface area (Å²) in [6.07, 6.45) is -2.32. The molecule has 0 bridgehead atoms. The molecule has 1 amide bonds. The van der Waals surface area contributed by atoms with Gasteiger partial charge in [-0.25, -0.2) is 0 Å². The number of nitrogens with two attached hydrogens (primary N) is 1. The Morgan fingerprint density at radius 1 is 1.19 bits per heavy atom. The third-order valence-corrected chi connectivity index (χ3v) is 3.95. The molecule has 0 aliphatic heterocycles. The number of rotatable bonds is 14. The second kappa shape index (κ2) is 12.2. The van der Waals surface area contributed by atoms with E-state index < -0.39 is 24.2 Å². The van der Waals surface area contributed by atoms with E-state index in [2.05, 4.69) is 17.2 Å². The minimum absolute atomic E-state index is 0.000230. The Balaban J connectivity index is 2.65. The predicted molar refractivity (Wildman–Crippen MR) is 112 cm³/mol. The quantitative estimate of drug-likeness (QED) is 0.199. The van der Waals surface area contributed by atoms with Crippen LogP contribution >= 0.6 is 0 Å². The Morgan fingerprint density at radius 3 is 2.35 bits per heavy atom. The summed E-state index contributed by atoms with van der Waals surface area (Å²) in [7, 11) is 0. The van der Waals surface area contributed by atoms with Crippen molar-refractivity contribution in [3.05, 3.63) is 48.2 Å². The molecule has 1 aromatic carbocycles. The third-order valence-electron chi connectivity index (χ3n) is 3.95. The molecule has 31 heavy (non-hydrogen) atoms. The molecule has 0 saturated carbocycles. The maximum Gasteiger partial charge on any atom is 0.422 e. The number of hydrogen-bond donors (Lipinski definition) is 4. The predicted octanol–water partition coefficient (Wildman–Crippen LogP) is 2.27. The summed E-state index contributed by atoms with van der Waals surface area (Å²) in [4.78, 5) is 11.8. The van der Waals surface area contributed by atoms with Gasteiger partial charge in [0.25, 0.3) is 5.91 Å². The zero-order valence-corrected chi connectivity index (χ0v) is 17.7. The van der Waals surface area contributed by atoms with Gasteiger partial charge in [0.05, 0.1) is 5.57 Å². The summed E-state index contributed by atoms with van der Waals surface area (Å²) < 4.78 is 47.5. The van der Waals surface area contributed by atoms with Gasteiger partial charge in [-0.2, -0.15) is 13.2 Å². The number of aliphatic hydroxyl groups is 1. The van der Waals surface area contributed by atoms with Crippen molar-refractivity contribution >= 4 is 5.91 Å². The van der Waals surface area contributed by atoms with E-state index in [4.69, 9.17) is 20.3 Å². The lowest BCUT2D eigenvalue weighted by Gasteiger charge is -2.24. The van der Waals surface area contributed by atoms with Crippen LogP contribution in [0.15, 0.2) is 48.2 Å². The van der Waals surface area contributed by atoms with Crippen molar-refractivity contribution in [1.29, 1.82) is 0 Å². The van der Waals surface area contributed by atoms with Gasteiger partial charge in [0, 0.05) is 30.9 Å². The van der Waals surface area contributed by atoms with Crippen LogP contribution in [0.25, 0.3) is 0 Å². The first-order valence-corrected chi connectivity index (χ1v) is 9.68. The molecular weight excluding hydrogens is 415 g/mol. The number of amides is 1. The van der Waals surface area contributed by atoms with Crippen LogP contribution in [0.5, 0.6) is 11.5 Å². The molecule has 0 heterocycles. The number of halogens is 3. The summed E-state index contributed by atoms with van der Waals surface area (Å²) in [5.41, 5.74) is 5.35. The van der Waals surface area contributed by atoms with Crippen LogP contribution in [0.4, 0.5) is 13.2 Å². The lowest BCUT2D eigenvalue weighted by molar-refractivity contribution is -0.153. The average Bonchev–Trinajstić information content (AvgIpc) is 2.68. The molecular formula is C21H30F3N3O4. The largest absolute Gasteiger partial charge is 0.488 e. The molecule has 5 N–H and O–H groups in total. The summed E-state index contributed by atoms with van der Waals surface area (Å²) in [6.45, 7) is 6.95. The van der Waals surface area contributed by atoms with Crippen molar-refractivity contribution in [2.45, 2.75) is 32.0 Å². The number of nitrogens with one attached hydrogen (secondary N) is 2. The van der Waals surface area contributed by atoms with E-state index in [1.165, 1.54) is 12.1 Å². The van der Waals surface area contributed by atoms with Gasteiger partial charge in [0.1, 0.15) is 6.61 Å². The Bertz CT molecular complexity index is 764. The minimum Gasteiger partial charge on any atom is -0.488 e. The Labute approximate surface area is 180 Å². The first kappa shape index (κ1) is 26.3. The number of alkyl halides is 3. The number of ether oxygens (including phenoxy) is 2. The molecule has 0 radical (unpaired) electrons. The molecule has 1 rings (SSSR count). The Morgan fingerprint density at radius 2 is 1.81 bits per heavy atom. The Kier molecular flexibility index (Phi) is 10.4. The molecule has 1 aromatic rings.